The van der Waals surface area contributed by atoms with Gasteiger partial charge < -0.3 is 9.21 Å². The lowest BCUT2D eigenvalue weighted by Gasteiger charge is -2.22. The van der Waals surface area contributed by atoms with Gasteiger partial charge >= 0.3 is 0 Å². The Morgan fingerprint density at radius 2 is 2.09 bits per heavy atom. The van der Waals surface area contributed by atoms with Crippen LogP contribution in [0.5, 0.6) is 0 Å². The average molecular weight is 309 g/mol. The normalized spacial score (nSPS) is 13.1. The van der Waals surface area contributed by atoms with Gasteiger partial charge in [-0.3, -0.25) is 9.78 Å². The molecule has 0 saturated carbocycles. The van der Waals surface area contributed by atoms with Crippen LogP contribution < -0.4 is 14.8 Å². The predicted octanol–water partition coefficient (Wildman–Crippen LogP) is 1.79. The average Bonchev–Trinajstić information content (AvgIpc) is 2.96. The van der Waals surface area contributed by atoms with Crippen LogP contribution in [-0.2, 0) is 6.42 Å². The molecule has 22 heavy (non-hydrogen) atoms. The van der Waals surface area contributed by atoms with E-state index in [0.717, 1.165) is 23.5 Å². The van der Waals surface area contributed by atoms with Crippen LogP contribution >= 0.6 is 11.9 Å². The zero-order chi connectivity index (χ0) is 15.7. The van der Waals surface area contributed by atoms with E-state index in [2.05, 4.69) is 4.98 Å². The lowest BCUT2D eigenvalue weighted by atomic mass is 10.0. The van der Waals surface area contributed by atoms with Crippen molar-refractivity contribution in [2.24, 2.45) is 0 Å². The number of pyridine rings is 1. The summed E-state index contributed by atoms with van der Waals surface area (Å²) in [5.41, 5.74) is 3.86. The number of nitrogens with zero attached hydrogens (tertiary/aromatic N) is 3. The number of benzene rings is 1. The first kappa shape index (κ1) is 15.0. The van der Waals surface area contributed by atoms with E-state index >= 15 is 0 Å². The number of hydrogen-bond acceptors (Lipinski definition) is 4. The summed E-state index contributed by atoms with van der Waals surface area (Å²) < 4.78 is 1.99. The van der Waals surface area contributed by atoms with Crippen LogP contribution in [-0.4, -0.2) is 38.6 Å². The van der Waals surface area contributed by atoms with Gasteiger partial charge in [-0.05, 0) is 29.9 Å². The van der Waals surface area contributed by atoms with Crippen LogP contribution in [0.25, 0.3) is 0 Å². The summed E-state index contributed by atoms with van der Waals surface area (Å²) >= 11 is 1.57. The SMILES string of the molecule is [B]c1ccc2c(n1)CCN2C(=O)c1ccccc1N(C)SC. The molecule has 2 radical (unpaired) electrons. The molecule has 110 valence electrons. The van der Waals surface area contributed by atoms with E-state index in [0.29, 0.717) is 17.7 Å². The topological polar surface area (TPSA) is 36.4 Å². The number of carbonyl (C=O) groups is 1. The monoisotopic (exact) mass is 309 g/mol. The van der Waals surface area contributed by atoms with Gasteiger partial charge in [0.25, 0.3) is 5.91 Å². The molecule has 0 atom stereocenters. The summed E-state index contributed by atoms with van der Waals surface area (Å²) in [6.45, 7) is 0.641. The van der Waals surface area contributed by atoms with E-state index in [-0.39, 0.29) is 5.91 Å². The molecule has 0 spiro atoms. The fourth-order valence-corrected chi connectivity index (χ4v) is 3.02. The second-order valence-electron chi connectivity index (χ2n) is 5.11. The molecule has 0 saturated heterocycles. The highest BCUT2D eigenvalue weighted by atomic mass is 32.2. The summed E-state index contributed by atoms with van der Waals surface area (Å²) in [4.78, 5) is 19.1. The van der Waals surface area contributed by atoms with Crippen molar-refractivity contribution in [1.29, 1.82) is 0 Å². The molecule has 0 unspecified atom stereocenters. The van der Waals surface area contributed by atoms with Gasteiger partial charge in [0, 0.05) is 26.3 Å². The maximum atomic E-state index is 13.0. The highest BCUT2D eigenvalue weighted by Crippen LogP contribution is 2.30. The Labute approximate surface area is 136 Å². The van der Waals surface area contributed by atoms with Crippen molar-refractivity contribution in [1.82, 2.24) is 4.98 Å². The van der Waals surface area contributed by atoms with Crippen LogP contribution in [0.2, 0.25) is 0 Å². The zero-order valence-corrected chi connectivity index (χ0v) is 13.4. The molecule has 0 N–H and O–H groups in total. The van der Waals surface area contributed by atoms with Gasteiger partial charge in [-0.25, -0.2) is 0 Å². The number of anilines is 2. The molecule has 6 heteroatoms. The molecule has 1 amide bonds. The molecule has 0 bridgehead atoms. The number of para-hydroxylation sites is 1. The summed E-state index contributed by atoms with van der Waals surface area (Å²) in [6, 6.07) is 11.3. The fourth-order valence-electron chi connectivity index (χ4n) is 2.66. The molecular formula is C16H16BN3OS. The Morgan fingerprint density at radius 3 is 2.86 bits per heavy atom. The summed E-state index contributed by atoms with van der Waals surface area (Å²) in [7, 11) is 7.68. The highest BCUT2D eigenvalue weighted by molar-refractivity contribution is 7.99. The lowest BCUT2D eigenvalue weighted by molar-refractivity contribution is 0.0990. The van der Waals surface area contributed by atoms with Crippen molar-refractivity contribution in [3.8, 4) is 0 Å². The Bertz CT molecular complexity index is 722. The van der Waals surface area contributed by atoms with Crippen LogP contribution in [0.1, 0.15) is 16.1 Å². The Balaban J connectivity index is 1.97. The van der Waals surface area contributed by atoms with Gasteiger partial charge in [0.2, 0.25) is 0 Å². The molecule has 1 aliphatic heterocycles. The fraction of sp³-hybridized carbons (Fsp3) is 0.250. The number of rotatable bonds is 3. The molecule has 3 rings (SSSR count). The largest absolute Gasteiger partial charge is 0.319 e. The molecule has 2 heterocycles. The molecule has 4 nitrogen and oxygen atoms in total. The minimum absolute atomic E-state index is 0.00169. The van der Waals surface area contributed by atoms with Crippen LogP contribution in [0, 0.1) is 0 Å². The van der Waals surface area contributed by atoms with E-state index in [9.17, 15) is 4.79 Å². The molecule has 0 aliphatic carbocycles. The van der Waals surface area contributed by atoms with Crippen molar-refractivity contribution in [3.63, 3.8) is 0 Å². The minimum Gasteiger partial charge on any atom is -0.319 e. The third-order valence-electron chi connectivity index (χ3n) is 3.83. The highest BCUT2D eigenvalue weighted by Gasteiger charge is 2.28. The minimum atomic E-state index is 0.00169. The quantitative estimate of drug-likeness (QED) is 0.640. The predicted molar refractivity (Wildman–Crippen MR) is 93.4 cm³/mol. The van der Waals surface area contributed by atoms with E-state index in [1.165, 1.54) is 0 Å². The summed E-state index contributed by atoms with van der Waals surface area (Å²) in [6.07, 6.45) is 2.73. The van der Waals surface area contributed by atoms with Gasteiger partial charge in [-0.15, -0.1) is 0 Å². The third-order valence-corrected chi connectivity index (χ3v) is 4.57. The first-order valence-electron chi connectivity index (χ1n) is 7.06. The molecule has 1 aliphatic rings. The molecule has 1 aromatic carbocycles. The number of carbonyl (C=O) groups excluding carboxylic acids is 1. The smallest absolute Gasteiger partial charge is 0.260 e. The number of hydrogen-bond donors (Lipinski definition) is 0. The van der Waals surface area contributed by atoms with Crippen molar-refractivity contribution >= 4 is 42.7 Å². The van der Waals surface area contributed by atoms with E-state index in [1.807, 2.05) is 47.9 Å². The second kappa shape index (κ2) is 6.05. The maximum Gasteiger partial charge on any atom is 0.260 e. The molecule has 0 fully saturated rings. The van der Waals surface area contributed by atoms with Crippen LogP contribution in [0.3, 0.4) is 0 Å². The molecule has 2 aromatic rings. The van der Waals surface area contributed by atoms with Gasteiger partial charge in [0.15, 0.2) is 0 Å². The van der Waals surface area contributed by atoms with Crippen LogP contribution in [0.4, 0.5) is 11.4 Å². The van der Waals surface area contributed by atoms with Gasteiger partial charge in [0.1, 0.15) is 7.85 Å². The first-order valence-corrected chi connectivity index (χ1v) is 8.24. The van der Waals surface area contributed by atoms with Gasteiger partial charge in [-0.2, -0.15) is 0 Å². The van der Waals surface area contributed by atoms with Gasteiger partial charge in [-0.1, -0.05) is 24.1 Å². The summed E-state index contributed by atoms with van der Waals surface area (Å²) in [5.74, 6) is 0.00169. The van der Waals surface area contributed by atoms with E-state index in [1.54, 1.807) is 22.9 Å². The zero-order valence-electron chi connectivity index (χ0n) is 12.6. The van der Waals surface area contributed by atoms with E-state index in [4.69, 9.17) is 7.85 Å². The Morgan fingerprint density at radius 1 is 1.32 bits per heavy atom. The van der Waals surface area contributed by atoms with Crippen molar-refractivity contribution in [2.45, 2.75) is 6.42 Å². The number of fused-ring (bicyclic) bond motifs is 1. The first-order chi connectivity index (χ1) is 10.6. The number of aromatic nitrogens is 1. The molecular weight excluding hydrogens is 293 g/mol. The van der Waals surface area contributed by atoms with Crippen LogP contribution in [0.15, 0.2) is 36.4 Å². The Kier molecular flexibility index (Phi) is 4.11. The van der Waals surface area contributed by atoms with Crippen molar-refractivity contribution in [3.05, 3.63) is 47.7 Å². The number of amides is 1. The standard InChI is InChI=1S/C16H16BN3OS/c1-19(22-2)13-6-4-3-5-11(13)16(21)20-10-9-12-14(20)7-8-15(17)18-12/h3-8H,9-10H2,1-2H3. The summed E-state index contributed by atoms with van der Waals surface area (Å²) in [5, 5.41) is 0. The maximum absolute atomic E-state index is 13.0. The van der Waals surface area contributed by atoms with Gasteiger partial charge in [0.05, 0.1) is 22.6 Å². The van der Waals surface area contributed by atoms with Crippen molar-refractivity contribution < 1.29 is 4.79 Å². The van der Waals surface area contributed by atoms with Crippen molar-refractivity contribution in [2.75, 3.05) is 29.1 Å². The second-order valence-corrected chi connectivity index (χ2v) is 6.02. The lowest BCUT2D eigenvalue weighted by Crippen LogP contribution is -2.30. The third kappa shape index (κ3) is 2.59. The molecule has 1 aromatic heterocycles. The Hall–Kier alpha value is -1.95. The van der Waals surface area contributed by atoms with E-state index < -0.39 is 0 Å².